The van der Waals surface area contributed by atoms with E-state index in [9.17, 15) is 18.3 Å². The number of hydrogen-bond donors (Lipinski definition) is 1. The predicted molar refractivity (Wildman–Crippen MR) is 63.2 cm³/mol. The molecular weight excluding hydrogens is 273 g/mol. The molecule has 0 aliphatic carbocycles. The normalized spacial score (nSPS) is 12.2. The maximum Gasteiger partial charge on any atom is 0.435 e. The minimum Gasteiger partial charge on any atom is -0.390 e. The number of aromatic nitrogens is 4. The van der Waals surface area contributed by atoms with Gasteiger partial charge in [0.2, 0.25) is 0 Å². The number of rotatable bonds is 2. The van der Waals surface area contributed by atoms with Crippen LogP contribution in [0.25, 0.3) is 11.5 Å². The van der Waals surface area contributed by atoms with Crippen molar-refractivity contribution in [3.05, 3.63) is 48.0 Å². The zero-order chi connectivity index (χ0) is 14.3. The van der Waals surface area contributed by atoms with Crippen molar-refractivity contribution >= 4 is 5.65 Å². The van der Waals surface area contributed by atoms with E-state index in [2.05, 4.69) is 10.1 Å². The lowest BCUT2D eigenvalue weighted by molar-refractivity contribution is -0.141. The van der Waals surface area contributed by atoms with Crippen LogP contribution in [0.1, 0.15) is 11.4 Å². The van der Waals surface area contributed by atoms with Crippen LogP contribution in [0.5, 0.6) is 0 Å². The van der Waals surface area contributed by atoms with E-state index in [-0.39, 0.29) is 12.4 Å². The summed E-state index contributed by atoms with van der Waals surface area (Å²) >= 11 is 0. The summed E-state index contributed by atoms with van der Waals surface area (Å²) in [6.45, 7) is -0.359. The van der Waals surface area contributed by atoms with Gasteiger partial charge in [-0.2, -0.15) is 18.3 Å². The largest absolute Gasteiger partial charge is 0.435 e. The smallest absolute Gasteiger partial charge is 0.390 e. The molecule has 3 aromatic heterocycles. The minimum absolute atomic E-state index is 0.175. The van der Waals surface area contributed by atoms with Crippen molar-refractivity contribution < 1.29 is 18.3 Å². The van der Waals surface area contributed by atoms with Gasteiger partial charge >= 0.3 is 6.18 Å². The van der Waals surface area contributed by atoms with E-state index in [4.69, 9.17) is 0 Å². The highest BCUT2D eigenvalue weighted by atomic mass is 19.4. The first-order chi connectivity index (χ1) is 9.50. The fourth-order valence-corrected chi connectivity index (χ4v) is 1.96. The third-order valence-corrected chi connectivity index (χ3v) is 2.85. The van der Waals surface area contributed by atoms with Crippen LogP contribution in [0.4, 0.5) is 13.2 Å². The third-order valence-electron chi connectivity index (χ3n) is 2.85. The summed E-state index contributed by atoms with van der Waals surface area (Å²) < 4.78 is 40.3. The zero-order valence-electron chi connectivity index (χ0n) is 10.0. The number of nitrogens with zero attached hydrogens (tertiary/aromatic N) is 4. The SMILES string of the molecule is OCc1c(-n2ccc(C(F)(F)F)n2)nc2ccccn12. The molecule has 0 aromatic carbocycles. The highest BCUT2D eigenvalue weighted by molar-refractivity contribution is 5.48. The second kappa shape index (κ2) is 4.34. The zero-order valence-corrected chi connectivity index (χ0v) is 10.0. The van der Waals surface area contributed by atoms with E-state index >= 15 is 0 Å². The minimum atomic E-state index is -4.51. The first-order valence-corrected chi connectivity index (χ1v) is 5.71. The van der Waals surface area contributed by atoms with Crippen LogP contribution in [0.2, 0.25) is 0 Å². The molecule has 0 saturated carbocycles. The van der Waals surface area contributed by atoms with Crippen molar-refractivity contribution in [2.24, 2.45) is 0 Å². The molecule has 0 radical (unpaired) electrons. The monoisotopic (exact) mass is 282 g/mol. The fourth-order valence-electron chi connectivity index (χ4n) is 1.96. The quantitative estimate of drug-likeness (QED) is 0.782. The summed E-state index contributed by atoms with van der Waals surface area (Å²) in [5.41, 5.74) is -0.105. The molecule has 0 bridgehead atoms. The number of pyridine rings is 1. The van der Waals surface area contributed by atoms with Gasteiger partial charge in [0.25, 0.3) is 0 Å². The van der Waals surface area contributed by atoms with Gasteiger partial charge in [0.1, 0.15) is 5.65 Å². The van der Waals surface area contributed by atoms with Gasteiger partial charge in [-0.05, 0) is 18.2 Å². The molecule has 0 fully saturated rings. The van der Waals surface area contributed by atoms with E-state index in [1.165, 1.54) is 6.20 Å². The third kappa shape index (κ3) is 1.94. The molecule has 20 heavy (non-hydrogen) atoms. The molecule has 0 unspecified atom stereocenters. The predicted octanol–water partition coefficient (Wildman–Crippen LogP) is 2.03. The van der Waals surface area contributed by atoms with Crippen molar-refractivity contribution in [3.63, 3.8) is 0 Å². The Hall–Kier alpha value is -2.35. The number of imidazole rings is 1. The lowest BCUT2D eigenvalue weighted by Crippen LogP contribution is -2.08. The highest BCUT2D eigenvalue weighted by Crippen LogP contribution is 2.28. The maximum atomic E-state index is 12.6. The molecule has 3 aromatic rings. The molecule has 0 spiro atoms. The number of halogens is 3. The molecule has 0 aliphatic heterocycles. The van der Waals surface area contributed by atoms with Crippen molar-refractivity contribution in [2.75, 3.05) is 0 Å². The Morgan fingerprint density at radius 1 is 1.15 bits per heavy atom. The number of hydrogen-bond acceptors (Lipinski definition) is 3. The van der Waals surface area contributed by atoms with Gasteiger partial charge in [-0.3, -0.25) is 4.40 Å². The Balaban J connectivity index is 2.17. The highest BCUT2D eigenvalue weighted by Gasteiger charge is 2.34. The second-order valence-electron chi connectivity index (χ2n) is 4.11. The van der Waals surface area contributed by atoms with Crippen LogP contribution in [-0.4, -0.2) is 24.3 Å². The van der Waals surface area contributed by atoms with E-state index < -0.39 is 11.9 Å². The van der Waals surface area contributed by atoms with Crippen molar-refractivity contribution in [1.82, 2.24) is 19.2 Å². The molecular formula is C12H9F3N4O. The molecule has 8 heteroatoms. The second-order valence-corrected chi connectivity index (χ2v) is 4.11. The molecule has 104 valence electrons. The molecule has 3 heterocycles. The van der Waals surface area contributed by atoms with Crippen molar-refractivity contribution in [2.45, 2.75) is 12.8 Å². The lowest BCUT2D eigenvalue weighted by Gasteiger charge is -2.02. The summed E-state index contributed by atoms with van der Waals surface area (Å²) in [6.07, 6.45) is -1.67. The molecule has 0 atom stereocenters. The van der Waals surface area contributed by atoms with Gasteiger partial charge in [-0.25, -0.2) is 9.67 Å². The van der Waals surface area contributed by atoms with E-state index in [0.29, 0.717) is 11.3 Å². The van der Waals surface area contributed by atoms with Gasteiger partial charge < -0.3 is 5.11 Å². The summed E-state index contributed by atoms with van der Waals surface area (Å²) in [4.78, 5) is 4.19. The average Bonchev–Trinajstić information content (AvgIpc) is 3.02. The van der Waals surface area contributed by atoms with Gasteiger partial charge in [0, 0.05) is 12.4 Å². The molecule has 0 amide bonds. The summed E-state index contributed by atoms with van der Waals surface area (Å²) in [6, 6.07) is 6.04. The standard InChI is InChI=1S/C12H9F3N4O/c13-12(14,15)9-4-6-19(17-9)11-8(7-20)18-5-2-1-3-10(18)16-11/h1-6,20H,7H2. The number of alkyl halides is 3. The van der Waals surface area contributed by atoms with Gasteiger partial charge in [0.05, 0.1) is 12.3 Å². The molecule has 0 aliphatic rings. The Kier molecular flexibility index (Phi) is 2.75. The Labute approximate surface area is 110 Å². The molecule has 0 saturated heterocycles. The fraction of sp³-hybridized carbons (Fsp3) is 0.167. The van der Waals surface area contributed by atoms with Crippen LogP contribution < -0.4 is 0 Å². The molecule has 1 N–H and O–H groups in total. The van der Waals surface area contributed by atoms with Gasteiger partial charge in [0.15, 0.2) is 11.5 Å². The van der Waals surface area contributed by atoms with Gasteiger partial charge in [-0.15, -0.1) is 0 Å². The Morgan fingerprint density at radius 2 is 1.95 bits per heavy atom. The average molecular weight is 282 g/mol. The first kappa shape index (κ1) is 12.7. The first-order valence-electron chi connectivity index (χ1n) is 5.71. The van der Waals surface area contributed by atoms with Crippen LogP contribution in [-0.2, 0) is 12.8 Å². The molecule has 3 rings (SSSR count). The van der Waals surface area contributed by atoms with Crippen molar-refractivity contribution in [3.8, 4) is 5.82 Å². The number of aliphatic hydroxyl groups excluding tert-OH is 1. The van der Waals surface area contributed by atoms with Crippen LogP contribution >= 0.6 is 0 Å². The van der Waals surface area contributed by atoms with Crippen LogP contribution in [0, 0.1) is 0 Å². The van der Waals surface area contributed by atoms with E-state index in [1.807, 2.05) is 0 Å². The van der Waals surface area contributed by atoms with Crippen LogP contribution in [0.3, 0.4) is 0 Å². The summed E-state index contributed by atoms with van der Waals surface area (Å²) in [5, 5.41) is 12.9. The van der Waals surface area contributed by atoms with Crippen molar-refractivity contribution in [1.29, 1.82) is 0 Å². The Morgan fingerprint density at radius 3 is 2.60 bits per heavy atom. The summed E-state index contributed by atoms with van der Waals surface area (Å²) in [7, 11) is 0. The lowest BCUT2D eigenvalue weighted by atomic mass is 10.4. The molecule has 5 nitrogen and oxygen atoms in total. The number of fused-ring (bicyclic) bond motifs is 1. The van der Waals surface area contributed by atoms with E-state index in [0.717, 1.165) is 10.7 Å². The number of aliphatic hydroxyl groups is 1. The Bertz CT molecular complexity index is 759. The maximum absolute atomic E-state index is 12.6. The van der Waals surface area contributed by atoms with Crippen LogP contribution in [0.15, 0.2) is 36.7 Å². The summed E-state index contributed by atoms with van der Waals surface area (Å²) in [5.74, 6) is 0.175. The van der Waals surface area contributed by atoms with E-state index in [1.54, 1.807) is 28.8 Å². The topological polar surface area (TPSA) is 55.3 Å². The van der Waals surface area contributed by atoms with Gasteiger partial charge in [-0.1, -0.05) is 6.07 Å².